The van der Waals surface area contributed by atoms with E-state index < -0.39 is 20.0 Å². The first-order valence-electron chi connectivity index (χ1n) is 20.8. The monoisotopic (exact) mass is 717 g/mol. The fourth-order valence-electron chi connectivity index (χ4n) is 6.19. The fourth-order valence-corrected chi connectivity index (χ4v) is 6.95. The summed E-state index contributed by atoms with van der Waals surface area (Å²) in [5.74, 6) is -0.192. The minimum Gasteiger partial charge on any atom is -0.387 e. The first kappa shape index (κ1) is 48.2. The summed E-state index contributed by atoms with van der Waals surface area (Å²) in [5, 5.41) is 13.6. The van der Waals surface area contributed by atoms with Crippen molar-refractivity contribution >= 4 is 13.7 Å². The van der Waals surface area contributed by atoms with Crippen LogP contribution < -0.4 is 11.1 Å². The van der Waals surface area contributed by atoms with Crippen molar-refractivity contribution in [2.45, 2.75) is 219 Å². The Labute approximate surface area is 303 Å². The smallest absolute Gasteiger partial charge is 0.387 e. The van der Waals surface area contributed by atoms with Gasteiger partial charge in [-0.1, -0.05) is 193 Å². The molecule has 0 heterocycles. The molecule has 0 fully saturated rings. The van der Waals surface area contributed by atoms with E-state index in [9.17, 15) is 19.4 Å². The normalized spacial score (nSPS) is 14.3. The van der Waals surface area contributed by atoms with E-state index in [-0.39, 0.29) is 25.7 Å². The first-order valence-corrected chi connectivity index (χ1v) is 22.3. The van der Waals surface area contributed by atoms with Crippen LogP contribution in [0.25, 0.3) is 0 Å². The number of aliphatic hydroxyl groups excluding tert-OH is 1. The number of hydrogen-bond acceptors (Lipinski definition) is 6. The molecule has 0 saturated carbocycles. The molecule has 8 nitrogen and oxygen atoms in total. The maximum atomic E-state index is 12.7. The summed E-state index contributed by atoms with van der Waals surface area (Å²) in [6.45, 7) is 4.14. The first-order chi connectivity index (χ1) is 23.9. The van der Waals surface area contributed by atoms with Crippen molar-refractivity contribution in [3.63, 3.8) is 0 Å². The van der Waals surface area contributed by atoms with E-state index in [2.05, 4.69) is 19.2 Å². The van der Waals surface area contributed by atoms with Gasteiger partial charge in [-0.2, -0.15) is 0 Å². The molecule has 0 radical (unpaired) electrons. The van der Waals surface area contributed by atoms with Crippen LogP contribution in [0.1, 0.15) is 206 Å². The quantitative estimate of drug-likeness (QED) is 0.0283. The van der Waals surface area contributed by atoms with Gasteiger partial charge in [0.15, 0.2) is 0 Å². The summed E-state index contributed by atoms with van der Waals surface area (Å²) >= 11 is 0. The zero-order chi connectivity index (χ0) is 36.1. The third-order valence-electron chi connectivity index (χ3n) is 9.36. The molecule has 0 aliphatic heterocycles. The Morgan fingerprint density at radius 2 is 1.04 bits per heavy atom. The average Bonchev–Trinajstić information content (AvgIpc) is 3.09. The molecule has 0 saturated heterocycles. The molecular weight excluding hydrogens is 635 g/mol. The van der Waals surface area contributed by atoms with Crippen LogP contribution in [0.5, 0.6) is 0 Å². The Hall–Kier alpha value is -0.760. The number of carbonyl (C=O) groups is 1. The van der Waals surface area contributed by atoms with Crippen LogP contribution in [0.15, 0.2) is 12.2 Å². The zero-order valence-corrected chi connectivity index (χ0v) is 33.1. The van der Waals surface area contributed by atoms with Crippen LogP contribution in [0.2, 0.25) is 0 Å². The van der Waals surface area contributed by atoms with Crippen LogP contribution in [-0.2, 0) is 18.4 Å². The number of unbranched alkanes of at least 4 members (excludes halogenated alkanes) is 27. The predicted molar refractivity (Wildman–Crippen MR) is 208 cm³/mol. The lowest BCUT2D eigenvalue weighted by Crippen LogP contribution is -2.45. The van der Waals surface area contributed by atoms with E-state index >= 15 is 0 Å². The van der Waals surface area contributed by atoms with Gasteiger partial charge in [-0.3, -0.25) is 13.8 Å². The molecule has 0 spiro atoms. The molecule has 0 rings (SSSR count). The molecule has 0 aromatic rings. The molecule has 0 aromatic carbocycles. The number of nitrogens with one attached hydrogen (secondary N) is 1. The highest BCUT2D eigenvalue weighted by molar-refractivity contribution is 7.47. The maximum absolute atomic E-state index is 12.7. The van der Waals surface area contributed by atoms with Crippen LogP contribution in [0.3, 0.4) is 0 Å². The number of aliphatic hydroxyl groups is 1. The lowest BCUT2D eigenvalue weighted by molar-refractivity contribution is -0.123. The largest absolute Gasteiger partial charge is 0.472 e. The number of carbonyl (C=O) groups excluding carboxylic acids is 1. The number of nitrogens with two attached hydrogens (primary N) is 1. The van der Waals surface area contributed by atoms with Crippen molar-refractivity contribution in [2.24, 2.45) is 5.73 Å². The van der Waals surface area contributed by atoms with Gasteiger partial charge >= 0.3 is 7.82 Å². The van der Waals surface area contributed by atoms with Crippen LogP contribution in [-0.4, -0.2) is 47.8 Å². The minimum atomic E-state index is -4.33. The molecule has 0 aliphatic carbocycles. The van der Waals surface area contributed by atoms with E-state index in [1.807, 2.05) is 6.08 Å². The van der Waals surface area contributed by atoms with Gasteiger partial charge < -0.3 is 21.1 Å². The lowest BCUT2D eigenvalue weighted by Gasteiger charge is -2.23. The predicted octanol–water partition coefficient (Wildman–Crippen LogP) is 11.2. The maximum Gasteiger partial charge on any atom is 0.472 e. The summed E-state index contributed by atoms with van der Waals surface area (Å²) in [7, 11) is -4.33. The number of rotatable bonds is 39. The van der Waals surface area contributed by atoms with Gasteiger partial charge in [0.2, 0.25) is 5.91 Å². The van der Waals surface area contributed by atoms with Crippen LogP contribution >= 0.6 is 7.82 Å². The summed E-state index contributed by atoms with van der Waals surface area (Å²) in [4.78, 5) is 22.6. The Morgan fingerprint density at radius 1 is 0.653 bits per heavy atom. The van der Waals surface area contributed by atoms with E-state index in [4.69, 9.17) is 14.8 Å². The molecule has 0 aliphatic rings. The topological polar surface area (TPSA) is 131 Å². The highest BCUT2D eigenvalue weighted by atomic mass is 31.2. The molecule has 3 atom stereocenters. The Kier molecular flexibility index (Phi) is 36.4. The fraction of sp³-hybridized carbons (Fsp3) is 0.925. The van der Waals surface area contributed by atoms with E-state index in [0.29, 0.717) is 6.42 Å². The molecular formula is C40H81N2O6P. The van der Waals surface area contributed by atoms with Gasteiger partial charge in [0.1, 0.15) is 0 Å². The van der Waals surface area contributed by atoms with Gasteiger partial charge in [-0.05, 0) is 19.3 Å². The number of phosphoric acid groups is 1. The standard InChI is InChI=1S/C40H81N2O6P/c1-3-5-7-9-11-13-15-17-18-19-20-21-22-24-26-28-30-32-34-40(44)42-38(37-48-49(45,46)47-36-35-41)39(43)33-31-29-27-25-23-16-14-12-10-8-6-4-2/h31,33,38-39,43H,3-30,32,34-37,41H2,1-2H3,(H,42,44)(H,45,46)/b33-31+. The number of allylic oxidation sites excluding steroid dienone is 1. The summed E-state index contributed by atoms with van der Waals surface area (Å²) < 4.78 is 22.1. The van der Waals surface area contributed by atoms with Crippen molar-refractivity contribution in [3.05, 3.63) is 12.2 Å². The molecule has 0 aromatic heterocycles. The van der Waals surface area contributed by atoms with Gasteiger partial charge in [0, 0.05) is 13.0 Å². The van der Waals surface area contributed by atoms with Crippen molar-refractivity contribution < 1.29 is 28.4 Å². The Morgan fingerprint density at radius 3 is 1.45 bits per heavy atom. The van der Waals surface area contributed by atoms with E-state index in [0.717, 1.165) is 38.5 Å². The Balaban J connectivity index is 4.17. The van der Waals surface area contributed by atoms with E-state index in [1.165, 1.54) is 148 Å². The van der Waals surface area contributed by atoms with Gasteiger partial charge in [0.05, 0.1) is 25.4 Å². The molecule has 9 heteroatoms. The van der Waals surface area contributed by atoms with Crippen molar-refractivity contribution in [1.29, 1.82) is 0 Å². The zero-order valence-electron chi connectivity index (χ0n) is 32.2. The highest BCUT2D eigenvalue weighted by Crippen LogP contribution is 2.43. The third kappa shape index (κ3) is 35.4. The van der Waals surface area contributed by atoms with Crippen LogP contribution in [0, 0.1) is 0 Å². The molecule has 49 heavy (non-hydrogen) atoms. The van der Waals surface area contributed by atoms with Crippen LogP contribution in [0.4, 0.5) is 0 Å². The number of hydrogen-bond donors (Lipinski definition) is 4. The van der Waals surface area contributed by atoms with Gasteiger partial charge in [-0.15, -0.1) is 0 Å². The highest BCUT2D eigenvalue weighted by Gasteiger charge is 2.26. The summed E-state index contributed by atoms with van der Waals surface area (Å²) in [6, 6.07) is -0.853. The van der Waals surface area contributed by atoms with Crippen molar-refractivity contribution in [2.75, 3.05) is 19.8 Å². The molecule has 0 bridgehead atoms. The summed E-state index contributed by atoms with van der Waals surface area (Å²) in [6.07, 6.45) is 39.7. The lowest BCUT2D eigenvalue weighted by atomic mass is 10.0. The van der Waals surface area contributed by atoms with Gasteiger partial charge in [0.25, 0.3) is 0 Å². The number of amides is 1. The van der Waals surface area contributed by atoms with Crippen molar-refractivity contribution in [3.8, 4) is 0 Å². The van der Waals surface area contributed by atoms with Gasteiger partial charge in [-0.25, -0.2) is 4.57 Å². The Bertz CT molecular complexity index is 784. The second-order valence-corrected chi connectivity index (χ2v) is 15.7. The third-order valence-corrected chi connectivity index (χ3v) is 10.3. The minimum absolute atomic E-state index is 0.0811. The number of phosphoric ester groups is 1. The second kappa shape index (κ2) is 37.0. The van der Waals surface area contributed by atoms with Crippen molar-refractivity contribution in [1.82, 2.24) is 5.32 Å². The summed E-state index contributed by atoms with van der Waals surface area (Å²) in [5.41, 5.74) is 5.36. The van der Waals surface area contributed by atoms with E-state index in [1.54, 1.807) is 6.08 Å². The SMILES string of the molecule is CCCCCCCCCCCC/C=C/C(O)C(COP(=O)(O)OCCN)NC(=O)CCCCCCCCCCCCCCCCCCCC. The molecule has 292 valence electrons. The second-order valence-electron chi connectivity index (χ2n) is 14.2. The molecule has 5 N–H and O–H groups in total. The average molecular weight is 717 g/mol. The molecule has 3 unspecified atom stereocenters. The molecule has 1 amide bonds.